The second-order valence-electron chi connectivity index (χ2n) is 7.42. The smallest absolute Gasteiger partial charge is 0.255 e. The van der Waals surface area contributed by atoms with Crippen molar-refractivity contribution in [2.24, 2.45) is 0 Å². The van der Waals surface area contributed by atoms with Gasteiger partial charge in [0.2, 0.25) is 0 Å². The molecule has 0 unspecified atom stereocenters. The molecular weight excluding hydrogens is 336 g/mol. The number of carbonyl (C=O) groups excluding carboxylic acids is 1. The highest BCUT2D eigenvalue weighted by atomic mass is 16.2. The first kappa shape index (κ1) is 17.5. The fraction of sp³-hybridized carbons (Fsp3) is 0.318. The molecule has 1 aliphatic rings. The molecule has 0 radical (unpaired) electrons. The van der Waals surface area contributed by atoms with E-state index in [4.69, 9.17) is 0 Å². The van der Waals surface area contributed by atoms with Gasteiger partial charge in [0.15, 0.2) is 5.82 Å². The van der Waals surface area contributed by atoms with Crippen LogP contribution in [0.5, 0.6) is 0 Å². The van der Waals surface area contributed by atoms with Crippen LogP contribution < -0.4 is 0 Å². The standard InChI is InChI=1S/C22H24N4O/c1-16(2)18-6-4-17(5-7-18)15-25(20-9-10-20)22(27)19-8-11-21(23-14-19)26-13-3-12-24-26/h3-8,11-14,16,20H,9-10,15H2,1-2H3. The summed E-state index contributed by atoms with van der Waals surface area (Å²) in [6.45, 7) is 5.02. The lowest BCUT2D eigenvalue weighted by molar-refractivity contribution is 0.0729. The zero-order valence-electron chi connectivity index (χ0n) is 15.7. The Bertz CT molecular complexity index is 895. The maximum absolute atomic E-state index is 13.1. The van der Waals surface area contributed by atoms with Crippen LogP contribution in [0.4, 0.5) is 0 Å². The summed E-state index contributed by atoms with van der Waals surface area (Å²) in [5.74, 6) is 1.27. The van der Waals surface area contributed by atoms with Crippen molar-refractivity contribution in [1.82, 2.24) is 19.7 Å². The molecule has 3 aromatic rings. The number of nitrogens with zero attached hydrogens (tertiary/aromatic N) is 4. The van der Waals surface area contributed by atoms with Gasteiger partial charge >= 0.3 is 0 Å². The van der Waals surface area contributed by atoms with E-state index in [0.717, 1.165) is 12.8 Å². The predicted molar refractivity (Wildman–Crippen MR) is 105 cm³/mol. The lowest BCUT2D eigenvalue weighted by Crippen LogP contribution is -2.32. The predicted octanol–water partition coefficient (Wildman–Crippen LogP) is 4.20. The van der Waals surface area contributed by atoms with E-state index in [0.29, 0.717) is 29.9 Å². The third kappa shape index (κ3) is 3.92. The molecule has 2 aromatic heterocycles. The van der Waals surface area contributed by atoms with Gasteiger partial charge in [0.05, 0.1) is 5.56 Å². The fourth-order valence-electron chi connectivity index (χ4n) is 3.18. The minimum Gasteiger partial charge on any atom is -0.331 e. The molecule has 0 bridgehead atoms. The maximum atomic E-state index is 13.1. The van der Waals surface area contributed by atoms with E-state index in [-0.39, 0.29) is 5.91 Å². The van der Waals surface area contributed by atoms with Gasteiger partial charge in [-0.05, 0) is 48.1 Å². The summed E-state index contributed by atoms with van der Waals surface area (Å²) in [6.07, 6.45) is 7.35. The molecule has 1 aliphatic carbocycles. The molecule has 1 aromatic carbocycles. The minimum absolute atomic E-state index is 0.0463. The highest BCUT2D eigenvalue weighted by Crippen LogP contribution is 2.30. The van der Waals surface area contributed by atoms with Crippen LogP contribution in [0.3, 0.4) is 0 Å². The van der Waals surface area contributed by atoms with Gasteiger partial charge in [-0.1, -0.05) is 38.1 Å². The Morgan fingerprint density at radius 2 is 1.96 bits per heavy atom. The summed E-state index contributed by atoms with van der Waals surface area (Å²) in [5, 5.41) is 4.17. The Hall–Kier alpha value is -2.95. The number of amides is 1. The Morgan fingerprint density at radius 1 is 1.19 bits per heavy atom. The summed E-state index contributed by atoms with van der Waals surface area (Å²) in [4.78, 5) is 19.4. The lowest BCUT2D eigenvalue weighted by Gasteiger charge is -2.23. The molecule has 1 fully saturated rings. The summed E-state index contributed by atoms with van der Waals surface area (Å²) >= 11 is 0. The van der Waals surface area contributed by atoms with E-state index in [9.17, 15) is 4.79 Å². The van der Waals surface area contributed by atoms with Gasteiger partial charge in [-0.15, -0.1) is 0 Å². The quantitative estimate of drug-likeness (QED) is 0.662. The molecule has 0 spiro atoms. The topological polar surface area (TPSA) is 51.0 Å². The van der Waals surface area contributed by atoms with Gasteiger partial charge in [0.1, 0.15) is 0 Å². The van der Waals surface area contributed by atoms with Gasteiger partial charge in [-0.25, -0.2) is 9.67 Å². The molecule has 4 rings (SSSR count). The second-order valence-corrected chi connectivity index (χ2v) is 7.42. The Balaban J connectivity index is 1.51. The number of carbonyl (C=O) groups is 1. The van der Waals surface area contributed by atoms with Gasteiger partial charge in [-0.3, -0.25) is 4.79 Å². The Kier molecular flexibility index (Phi) is 4.75. The number of hydrogen-bond donors (Lipinski definition) is 0. The third-order valence-electron chi connectivity index (χ3n) is 4.98. The molecule has 0 N–H and O–H groups in total. The van der Waals surface area contributed by atoms with Crippen LogP contribution in [0.25, 0.3) is 5.82 Å². The molecule has 2 heterocycles. The molecule has 5 heteroatoms. The van der Waals surface area contributed by atoms with E-state index in [1.165, 1.54) is 11.1 Å². The summed E-state index contributed by atoms with van der Waals surface area (Å²) < 4.78 is 1.68. The zero-order chi connectivity index (χ0) is 18.8. The number of aromatic nitrogens is 3. The van der Waals surface area contributed by atoms with Gasteiger partial charge in [0, 0.05) is 31.2 Å². The van der Waals surface area contributed by atoms with E-state index < -0.39 is 0 Å². The average molecular weight is 360 g/mol. The van der Waals surface area contributed by atoms with Gasteiger partial charge in [-0.2, -0.15) is 5.10 Å². The van der Waals surface area contributed by atoms with Crippen LogP contribution in [0.15, 0.2) is 61.1 Å². The average Bonchev–Trinajstić information content (AvgIpc) is 3.39. The number of pyridine rings is 1. The highest BCUT2D eigenvalue weighted by Gasteiger charge is 2.33. The minimum atomic E-state index is 0.0463. The lowest BCUT2D eigenvalue weighted by atomic mass is 10.0. The second kappa shape index (κ2) is 7.35. The molecule has 0 atom stereocenters. The number of hydrogen-bond acceptors (Lipinski definition) is 3. The third-order valence-corrected chi connectivity index (χ3v) is 4.98. The SMILES string of the molecule is CC(C)c1ccc(CN(C(=O)c2ccc(-n3cccn3)nc2)C2CC2)cc1. The maximum Gasteiger partial charge on any atom is 0.255 e. The van der Waals surface area contributed by atoms with E-state index in [1.54, 1.807) is 17.1 Å². The molecule has 27 heavy (non-hydrogen) atoms. The number of benzene rings is 1. The van der Waals surface area contributed by atoms with Crippen LogP contribution in [-0.2, 0) is 6.54 Å². The largest absolute Gasteiger partial charge is 0.331 e. The molecule has 0 saturated heterocycles. The summed E-state index contributed by atoms with van der Waals surface area (Å²) in [7, 11) is 0. The van der Waals surface area contributed by atoms with Crippen molar-refractivity contribution >= 4 is 5.91 Å². The van der Waals surface area contributed by atoms with Crippen LogP contribution in [0.1, 0.15) is 54.1 Å². The Labute approximate surface area is 159 Å². The summed E-state index contributed by atoms with van der Waals surface area (Å²) in [5.41, 5.74) is 3.11. The van der Waals surface area contributed by atoms with Crippen molar-refractivity contribution in [3.63, 3.8) is 0 Å². The normalized spacial score (nSPS) is 13.7. The molecule has 1 amide bonds. The Morgan fingerprint density at radius 3 is 2.52 bits per heavy atom. The van der Waals surface area contributed by atoms with Crippen molar-refractivity contribution in [3.8, 4) is 5.82 Å². The molecular formula is C22H24N4O. The number of rotatable bonds is 6. The molecule has 5 nitrogen and oxygen atoms in total. The van der Waals surface area contributed by atoms with Crippen molar-refractivity contribution in [3.05, 3.63) is 77.7 Å². The molecule has 1 saturated carbocycles. The first-order valence-electron chi connectivity index (χ1n) is 9.47. The van der Waals surface area contributed by atoms with Crippen LogP contribution >= 0.6 is 0 Å². The van der Waals surface area contributed by atoms with Gasteiger partial charge in [0.25, 0.3) is 5.91 Å². The summed E-state index contributed by atoms with van der Waals surface area (Å²) in [6, 6.07) is 14.5. The zero-order valence-corrected chi connectivity index (χ0v) is 15.7. The molecule has 0 aliphatic heterocycles. The first-order valence-corrected chi connectivity index (χ1v) is 9.47. The first-order chi connectivity index (χ1) is 13.1. The van der Waals surface area contributed by atoms with E-state index in [2.05, 4.69) is 48.2 Å². The monoisotopic (exact) mass is 360 g/mol. The van der Waals surface area contributed by atoms with Crippen LogP contribution in [0, 0.1) is 0 Å². The fourth-order valence-corrected chi connectivity index (χ4v) is 3.18. The van der Waals surface area contributed by atoms with E-state index >= 15 is 0 Å². The van der Waals surface area contributed by atoms with Crippen molar-refractivity contribution < 1.29 is 4.79 Å². The van der Waals surface area contributed by atoms with E-state index in [1.807, 2.05) is 29.3 Å². The molecule has 138 valence electrons. The van der Waals surface area contributed by atoms with Gasteiger partial charge < -0.3 is 4.90 Å². The van der Waals surface area contributed by atoms with Crippen LogP contribution in [0.2, 0.25) is 0 Å². The highest BCUT2D eigenvalue weighted by molar-refractivity contribution is 5.94. The van der Waals surface area contributed by atoms with Crippen molar-refractivity contribution in [2.45, 2.75) is 45.2 Å². The van der Waals surface area contributed by atoms with Crippen molar-refractivity contribution in [2.75, 3.05) is 0 Å². The van der Waals surface area contributed by atoms with Crippen LogP contribution in [-0.4, -0.2) is 31.6 Å². The van der Waals surface area contributed by atoms with Crippen molar-refractivity contribution in [1.29, 1.82) is 0 Å².